The molecule has 17 heavy (non-hydrogen) atoms. The van der Waals surface area contributed by atoms with Gasteiger partial charge in [-0.1, -0.05) is 26.0 Å². The van der Waals surface area contributed by atoms with Crippen LogP contribution in [0.2, 0.25) is 0 Å². The van der Waals surface area contributed by atoms with E-state index in [0.717, 1.165) is 24.8 Å². The number of esters is 1. The first-order valence-electron chi connectivity index (χ1n) is 5.69. The predicted molar refractivity (Wildman–Crippen MR) is 68.0 cm³/mol. The normalized spacial score (nSPS) is 10.0. The zero-order valence-corrected chi connectivity index (χ0v) is 10.3. The number of unbranched alkanes of at least 4 members (excludes halogenated alkanes) is 1. The average molecular weight is 234 g/mol. The van der Waals surface area contributed by atoms with Gasteiger partial charge in [0.25, 0.3) is 0 Å². The molecule has 3 heteroatoms. The van der Waals surface area contributed by atoms with E-state index in [1.54, 1.807) is 12.1 Å². The summed E-state index contributed by atoms with van der Waals surface area (Å²) in [5.41, 5.74) is 1.93. The van der Waals surface area contributed by atoms with Crippen LogP contribution in [-0.2, 0) is 4.74 Å². The van der Waals surface area contributed by atoms with Gasteiger partial charge in [0.1, 0.15) is 5.75 Å². The fourth-order valence-corrected chi connectivity index (χ4v) is 1.60. The smallest absolute Gasteiger partial charge is 0.337 e. The topological polar surface area (TPSA) is 46.5 Å². The molecule has 0 aliphatic rings. The van der Waals surface area contributed by atoms with Gasteiger partial charge < -0.3 is 9.84 Å². The Balaban J connectivity index is 2.89. The molecule has 1 rings (SSSR count). The minimum atomic E-state index is -0.453. The van der Waals surface area contributed by atoms with Crippen LogP contribution in [0.5, 0.6) is 5.75 Å². The Labute approximate surface area is 102 Å². The number of aromatic hydroxyl groups is 1. The van der Waals surface area contributed by atoms with Crippen LogP contribution in [0.1, 0.15) is 42.1 Å². The summed E-state index contributed by atoms with van der Waals surface area (Å²) in [4.78, 5) is 11.3. The van der Waals surface area contributed by atoms with Gasteiger partial charge >= 0.3 is 5.97 Å². The molecule has 0 aliphatic carbocycles. The lowest BCUT2D eigenvalue weighted by molar-refractivity contribution is 0.0600. The molecule has 0 spiro atoms. The van der Waals surface area contributed by atoms with E-state index in [1.165, 1.54) is 13.2 Å². The summed E-state index contributed by atoms with van der Waals surface area (Å²) in [6.07, 6.45) is 2.97. The van der Waals surface area contributed by atoms with Crippen molar-refractivity contribution in [1.29, 1.82) is 0 Å². The number of ether oxygens (including phenoxy) is 1. The minimum absolute atomic E-state index is 0.0778. The highest BCUT2D eigenvalue weighted by molar-refractivity contribution is 5.90. The van der Waals surface area contributed by atoms with Crippen LogP contribution in [0.25, 0.3) is 5.57 Å². The highest BCUT2D eigenvalue weighted by Crippen LogP contribution is 2.28. The second-order valence-corrected chi connectivity index (χ2v) is 3.93. The molecular weight excluding hydrogens is 216 g/mol. The lowest BCUT2D eigenvalue weighted by atomic mass is 9.99. The lowest BCUT2D eigenvalue weighted by Crippen LogP contribution is -2.01. The number of hydrogen-bond donors (Lipinski definition) is 1. The zero-order chi connectivity index (χ0) is 12.8. The van der Waals surface area contributed by atoms with Crippen LogP contribution in [0.15, 0.2) is 24.8 Å². The third-order valence-electron chi connectivity index (χ3n) is 2.63. The van der Waals surface area contributed by atoms with Gasteiger partial charge in [0.05, 0.1) is 12.7 Å². The summed E-state index contributed by atoms with van der Waals surface area (Å²) in [5.74, 6) is -0.375. The molecule has 0 bridgehead atoms. The maximum atomic E-state index is 11.3. The van der Waals surface area contributed by atoms with Crippen molar-refractivity contribution < 1.29 is 14.6 Å². The summed E-state index contributed by atoms with van der Waals surface area (Å²) in [6.45, 7) is 6.05. The molecule has 0 atom stereocenters. The molecule has 0 saturated carbocycles. The van der Waals surface area contributed by atoms with Gasteiger partial charge in [0.2, 0.25) is 0 Å². The SMILES string of the molecule is C=C(CCCC)c1ccc(C(=O)OC)cc1O. The minimum Gasteiger partial charge on any atom is -0.507 e. The maximum absolute atomic E-state index is 11.3. The van der Waals surface area contributed by atoms with Gasteiger partial charge in [-0.25, -0.2) is 4.79 Å². The molecule has 0 aliphatic heterocycles. The van der Waals surface area contributed by atoms with Gasteiger partial charge in [-0.3, -0.25) is 0 Å². The number of carbonyl (C=O) groups is 1. The molecule has 3 nitrogen and oxygen atoms in total. The average Bonchev–Trinajstić information content (AvgIpc) is 2.34. The monoisotopic (exact) mass is 234 g/mol. The van der Waals surface area contributed by atoms with Crippen LogP contribution in [-0.4, -0.2) is 18.2 Å². The molecule has 0 saturated heterocycles. The van der Waals surface area contributed by atoms with Gasteiger partial charge in [-0.15, -0.1) is 0 Å². The van der Waals surface area contributed by atoms with Gasteiger partial charge in [-0.05, 0) is 30.5 Å². The molecule has 0 radical (unpaired) electrons. The van der Waals surface area contributed by atoms with E-state index in [1.807, 2.05) is 0 Å². The highest BCUT2D eigenvalue weighted by Gasteiger charge is 2.10. The number of rotatable bonds is 5. The number of methoxy groups -OCH3 is 1. The van der Waals surface area contributed by atoms with E-state index in [2.05, 4.69) is 18.2 Å². The molecule has 0 aromatic heterocycles. The molecular formula is C14H18O3. The second-order valence-electron chi connectivity index (χ2n) is 3.93. The Morgan fingerprint density at radius 3 is 2.71 bits per heavy atom. The van der Waals surface area contributed by atoms with Crippen molar-refractivity contribution in [3.8, 4) is 5.75 Å². The molecule has 1 N–H and O–H groups in total. The first-order valence-corrected chi connectivity index (χ1v) is 5.69. The summed E-state index contributed by atoms with van der Waals surface area (Å²) in [7, 11) is 1.31. The number of hydrogen-bond acceptors (Lipinski definition) is 3. The van der Waals surface area contributed by atoms with Crippen molar-refractivity contribution in [3.05, 3.63) is 35.9 Å². The highest BCUT2D eigenvalue weighted by atomic mass is 16.5. The quantitative estimate of drug-likeness (QED) is 0.794. The fraction of sp³-hybridized carbons (Fsp3) is 0.357. The fourth-order valence-electron chi connectivity index (χ4n) is 1.60. The third kappa shape index (κ3) is 3.34. The van der Waals surface area contributed by atoms with Crippen LogP contribution in [0.3, 0.4) is 0 Å². The van der Waals surface area contributed by atoms with E-state index in [4.69, 9.17) is 0 Å². The van der Waals surface area contributed by atoms with Crippen molar-refractivity contribution in [3.63, 3.8) is 0 Å². The number of allylic oxidation sites excluding steroid dienone is 1. The lowest BCUT2D eigenvalue weighted by Gasteiger charge is -2.09. The summed E-state index contributed by atoms with van der Waals surface area (Å²) >= 11 is 0. The molecule has 92 valence electrons. The predicted octanol–water partition coefficient (Wildman–Crippen LogP) is 3.38. The van der Waals surface area contributed by atoms with Crippen molar-refractivity contribution in [2.45, 2.75) is 26.2 Å². The van der Waals surface area contributed by atoms with E-state index in [9.17, 15) is 9.90 Å². The number of phenols is 1. The Hall–Kier alpha value is -1.77. The summed E-state index contributed by atoms with van der Waals surface area (Å²) in [6, 6.07) is 4.76. The molecule has 1 aromatic rings. The standard InChI is InChI=1S/C14H18O3/c1-4-5-6-10(2)12-8-7-11(9-13(12)15)14(16)17-3/h7-9,15H,2,4-6H2,1,3H3. The molecule has 1 aromatic carbocycles. The van der Waals surface area contributed by atoms with Crippen molar-refractivity contribution in [2.24, 2.45) is 0 Å². The Kier molecular flexibility index (Phi) is 4.76. The Morgan fingerprint density at radius 2 is 2.18 bits per heavy atom. The van der Waals surface area contributed by atoms with E-state index < -0.39 is 5.97 Å². The number of phenolic OH excluding ortho intramolecular Hbond substituents is 1. The van der Waals surface area contributed by atoms with E-state index in [-0.39, 0.29) is 5.75 Å². The van der Waals surface area contributed by atoms with Crippen LogP contribution >= 0.6 is 0 Å². The van der Waals surface area contributed by atoms with Crippen LogP contribution in [0.4, 0.5) is 0 Å². The molecule has 0 amide bonds. The second kappa shape index (κ2) is 6.09. The number of benzene rings is 1. The van der Waals surface area contributed by atoms with Gasteiger partial charge in [-0.2, -0.15) is 0 Å². The van der Waals surface area contributed by atoms with E-state index >= 15 is 0 Å². The largest absolute Gasteiger partial charge is 0.507 e. The van der Waals surface area contributed by atoms with Crippen LogP contribution in [0, 0.1) is 0 Å². The zero-order valence-electron chi connectivity index (χ0n) is 10.3. The Bertz CT molecular complexity index is 421. The molecule has 0 unspecified atom stereocenters. The van der Waals surface area contributed by atoms with Gasteiger partial charge in [0, 0.05) is 5.56 Å². The van der Waals surface area contributed by atoms with Crippen molar-refractivity contribution in [2.75, 3.05) is 7.11 Å². The first kappa shape index (κ1) is 13.3. The van der Waals surface area contributed by atoms with E-state index in [0.29, 0.717) is 11.1 Å². The summed E-state index contributed by atoms with van der Waals surface area (Å²) < 4.78 is 4.58. The first-order chi connectivity index (χ1) is 8.10. The van der Waals surface area contributed by atoms with Crippen LogP contribution < -0.4 is 0 Å². The molecule has 0 heterocycles. The third-order valence-corrected chi connectivity index (χ3v) is 2.63. The van der Waals surface area contributed by atoms with Crippen molar-refractivity contribution in [1.82, 2.24) is 0 Å². The Morgan fingerprint density at radius 1 is 1.47 bits per heavy atom. The maximum Gasteiger partial charge on any atom is 0.337 e. The molecule has 0 fully saturated rings. The van der Waals surface area contributed by atoms with Crippen molar-refractivity contribution >= 4 is 11.5 Å². The number of carbonyl (C=O) groups excluding carboxylic acids is 1. The van der Waals surface area contributed by atoms with Gasteiger partial charge in [0.15, 0.2) is 0 Å². The summed E-state index contributed by atoms with van der Waals surface area (Å²) in [5, 5.41) is 9.84.